The topological polar surface area (TPSA) is 101 Å². The van der Waals surface area contributed by atoms with E-state index in [0.717, 1.165) is 0 Å². The molecule has 0 spiro atoms. The van der Waals surface area contributed by atoms with Crippen LogP contribution in [0.3, 0.4) is 0 Å². The van der Waals surface area contributed by atoms with Gasteiger partial charge in [-0.3, -0.25) is 14.4 Å². The van der Waals surface area contributed by atoms with E-state index >= 15 is 0 Å². The number of benzene rings is 2. The number of ether oxygens (including phenoxy) is 1. The molecule has 3 aromatic rings. The molecule has 0 unspecified atom stereocenters. The number of nitrogens with zero attached hydrogens (tertiary/aromatic N) is 1. The number of halogens is 1. The molecule has 3 rings (SSSR count). The number of hydrogen-bond donors (Lipinski definition) is 2. The van der Waals surface area contributed by atoms with Crippen LogP contribution in [-0.4, -0.2) is 27.9 Å². The molecule has 8 heteroatoms. The molecule has 0 saturated carbocycles. The van der Waals surface area contributed by atoms with Crippen molar-refractivity contribution >= 4 is 40.1 Å². The summed E-state index contributed by atoms with van der Waals surface area (Å²) in [4.78, 5) is 43.2. The first-order valence-corrected chi connectivity index (χ1v) is 9.04. The second-order valence-electron chi connectivity index (χ2n) is 6.16. The number of H-pyrrole nitrogens is 1. The molecule has 144 valence electrons. The Morgan fingerprint density at radius 1 is 1.18 bits per heavy atom. The Labute approximate surface area is 165 Å². The molecule has 0 aliphatic carbocycles. The first-order chi connectivity index (χ1) is 13.4. The minimum atomic E-state index is -0.966. The summed E-state index contributed by atoms with van der Waals surface area (Å²) >= 11 is 5.80. The van der Waals surface area contributed by atoms with Crippen molar-refractivity contribution in [3.05, 3.63) is 69.7 Å². The van der Waals surface area contributed by atoms with E-state index < -0.39 is 18.0 Å². The first kappa shape index (κ1) is 19.6. The van der Waals surface area contributed by atoms with E-state index in [9.17, 15) is 14.4 Å². The molecule has 1 heterocycles. The van der Waals surface area contributed by atoms with Gasteiger partial charge >= 0.3 is 5.97 Å². The van der Waals surface area contributed by atoms with Gasteiger partial charge in [0.05, 0.1) is 17.3 Å². The van der Waals surface area contributed by atoms with Crippen molar-refractivity contribution in [1.29, 1.82) is 0 Å². The molecule has 0 saturated heterocycles. The Kier molecular flexibility index (Phi) is 6.06. The minimum Gasteiger partial charge on any atom is -0.453 e. The fourth-order valence-electron chi connectivity index (χ4n) is 2.56. The molecular formula is C20H18ClN3O4. The maximum Gasteiger partial charge on any atom is 0.307 e. The number of aryl methyl sites for hydroxylation is 1. The molecule has 7 nitrogen and oxygen atoms in total. The van der Waals surface area contributed by atoms with Gasteiger partial charge in [0, 0.05) is 17.1 Å². The second-order valence-corrected chi connectivity index (χ2v) is 6.59. The number of anilines is 1. The highest BCUT2D eigenvalue weighted by atomic mass is 35.5. The third kappa shape index (κ3) is 4.95. The van der Waals surface area contributed by atoms with Crippen LogP contribution >= 0.6 is 11.6 Å². The lowest BCUT2D eigenvalue weighted by atomic mass is 10.2. The van der Waals surface area contributed by atoms with Crippen molar-refractivity contribution < 1.29 is 14.3 Å². The van der Waals surface area contributed by atoms with E-state index in [1.807, 2.05) is 0 Å². The highest BCUT2D eigenvalue weighted by Gasteiger charge is 2.18. The van der Waals surface area contributed by atoms with Crippen molar-refractivity contribution in [3.8, 4) is 0 Å². The maximum atomic E-state index is 12.1. The standard InChI is InChI=1S/C20H18ClN3O4/c1-12(19(26)22-14-8-6-13(21)7-9-14)28-18(25)11-10-17-23-16-5-3-2-4-15(16)20(27)24-17/h2-9,12H,10-11H2,1H3,(H,22,26)(H,23,24,27)/t12-/m1/s1. The van der Waals surface area contributed by atoms with Crippen LogP contribution < -0.4 is 10.9 Å². The van der Waals surface area contributed by atoms with Crippen LogP contribution in [-0.2, 0) is 20.7 Å². The number of hydrogen-bond acceptors (Lipinski definition) is 5. The van der Waals surface area contributed by atoms with E-state index in [-0.39, 0.29) is 18.4 Å². The third-order valence-corrected chi connectivity index (χ3v) is 4.27. The Bertz CT molecular complexity index is 1060. The zero-order chi connectivity index (χ0) is 20.1. The van der Waals surface area contributed by atoms with Gasteiger partial charge in [-0.25, -0.2) is 4.98 Å². The fraction of sp³-hybridized carbons (Fsp3) is 0.200. The van der Waals surface area contributed by atoms with Crippen LogP contribution in [0.1, 0.15) is 19.2 Å². The smallest absolute Gasteiger partial charge is 0.307 e. The summed E-state index contributed by atoms with van der Waals surface area (Å²) in [6.07, 6.45) is -0.781. The monoisotopic (exact) mass is 399 g/mol. The number of fused-ring (bicyclic) bond motifs is 1. The number of aromatic nitrogens is 2. The molecule has 0 aliphatic rings. The molecule has 0 radical (unpaired) electrons. The van der Waals surface area contributed by atoms with E-state index in [1.54, 1.807) is 48.5 Å². The number of esters is 1. The second kappa shape index (κ2) is 8.67. The van der Waals surface area contributed by atoms with Gasteiger partial charge in [0.25, 0.3) is 11.5 Å². The zero-order valence-corrected chi connectivity index (χ0v) is 15.8. The molecule has 0 aliphatic heterocycles. The summed E-state index contributed by atoms with van der Waals surface area (Å²) in [5.41, 5.74) is 0.852. The number of aromatic amines is 1. The number of carbonyl (C=O) groups is 2. The normalized spacial score (nSPS) is 11.8. The van der Waals surface area contributed by atoms with Gasteiger partial charge in [-0.15, -0.1) is 0 Å². The Morgan fingerprint density at radius 3 is 2.64 bits per heavy atom. The van der Waals surface area contributed by atoms with Crippen molar-refractivity contribution in [1.82, 2.24) is 9.97 Å². The molecule has 1 amide bonds. The predicted molar refractivity (Wildman–Crippen MR) is 106 cm³/mol. The molecule has 2 aromatic carbocycles. The highest BCUT2D eigenvalue weighted by Crippen LogP contribution is 2.14. The summed E-state index contributed by atoms with van der Waals surface area (Å²) in [6, 6.07) is 13.5. The van der Waals surface area contributed by atoms with E-state index in [2.05, 4.69) is 15.3 Å². The quantitative estimate of drug-likeness (QED) is 0.620. The van der Waals surface area contributed by atoms with E-state index in [4.69, 9.17) is 16.3 Å². The molecule has 1 atom stereocenters. The maximum absolute atomic E-state index is 12.1. The van der Waals surface area contributed by atoms with Crippen molar-refractivity contribution in [2.75, 3.05) is 5.32 Å². The number of amides is 1. The van der Waals surface area contributed by atoms with E-state index in [1.165, 1.54) is 6.92 Å². The van der Waals surface area contributed by atoms with Crippen LogP contribution in [0.4, 0.5) is 5.69 Å². The molecule has 0 fully saturated rings. The average molecular weight is 400 g/mol. The number of carbonyl (C=O) groups excluding carboxylic acids is 2. The van der Waals surface area contributed by atoms with Crippen molar-refractivity contribution in [3.63, 3.8) is 0 Å². The number of nitrogens with one attached hydrogen (secondary N) is 2. The summed E-state index contributed by atoms with van der Waals surface area (Å²) in [7, 11) is 0. The summed E-state index contributed by atoms with van der Waals surface area (Å²) < 4.78 is 5.15. The largest absolute Gasteiger partial charge is 0.453 e. The van der Waals surface area contributed by atoms with Crippen molar-refractivity contribution in [2.45, 2.75) is 25.9 Å². The zero-order valence-electron chi connectivity index (χ0n) is 15.1. The molecular weight excluding hydrogens is 382 g/mol. The molecule has 0 bridgehead atoms. The average Bonchev–Trinajstić information content (AvgIpc) is 2.68. The van der Waals surface area contributed by atoms with Gasteiger partial charge < -0.3 is 15.0 Å². The Hall–Kier alpha value is -3.19. The van der Waals surface area contributed by atoms with Gasteiger partial charge in [-0.05, 0) is 43.3 Å². The van der Waals surface area contributed by atoms with Gasteiger partial charge in [0.2, 0.25) is 0 Å². The predicted octanol–water partition coefficient (Wildman–Crippen LogP) is 3.08. The van der Waals surface area contributed by atoms with Gasteiger partial charge in [0.15, 0.2) is 6.10 Å². The molecule has 1 aromatic heterocycles. The molecule has 28 heavy (non-hydrogen) atoms. The fourth-order valence-corrected chi connectivity index (χ4v) is 2.69. The summed E-state index contributed by atoms with van der Waals surface area (Å²) in [6.45, 7) is 1.49. The lowest BCUT2D eigenvalue weighted by Crippen LogP contribution is -2.30. The van der Waals surface area contributed by atoms with E-state index in [0.29, 0.717) is 27.4 Å². The lowest BCUT2D eigenvalue weighted by molar-refractivity contribution is -0.153. The van der Waals surface area contributed by atoms with Crippen LogP contribution in [0, 0.1) is 0 Å². The summed E-state index contributed by atoms with van der Waals surface area (Å²) in [5, 5.41) is 3.68. The van der Waals surface area contributed by atoms with Crippen molar-refractivity contribution in [2.24, 2.45) is 0 Å². The Morgan fingerprint density at radius 2 is 1.89 bits per heavy atom. The molecule has 2 N–H and O–H groups in total. The summed E-state index contributed by atoms with van der Waals surface area (Å²) in [5.74, 6) is -0.624. The SMILES string of the molecule is C[C@@H](OC(=O)CCc1nc2ccccc2c(=O)[nH]1)C(=O)Nc1ccc(Cl)cc1. The minimum absolute atomic E-state index is 0.0140. The number of para-hydroxylation sites is 1. The van der Waals surface area contributed by atoms with Crippen LogP contribution in [0.5, 0.6) is 0 Å². The van der Waals surface area contributed by atoms with Gasteiger partial charge in [0.1, 0.15) is 5.82 Å². The highest BCUT2D eigenvalue weighted by molar-refractivity contribution is 6.30. The first-order valence-electron chi connectivity index (χ1n) is 8.66. The number of rotatable bonds is 6. The third-order valence-electron chi connectivity index (χ3n) is 4.02. The van der Waals surface area contributed by atoms with Crippen LogP contribution in [0.2, 0.25) is 5.02 Å². The lowest BCUT2D eigenvalue weighted by Gasteiger charge is -2.13. The van der Waals surface area contributed by atoms with Crippen LogP contribution in [0.25, 0.3) is 10.9 Å². The van der Waals surface area contributed by atoms with Crippen LogP contribution in [0.15, 0.2) is 53.3 Å². The van der Waals surface area contributed by atoms with Gasteiger partial charge in [-0.2, -0.15) is 0 Å². The Balaban J connectivity index is 1.54. The van der Waals surface area contributed by atoms with Gasteiger partial charge in [-0.1, -0.05) is 23.7 Å².